The third-order valence-electron chi connectivity index (χ3n) is 1.57. The van der Waals surface area contributed by atoms with E-state index in [1.165, 1.54) is 12.1 Å². The van der Waals surface area contributed by atoms with Gasteiger partial charge < -0.3 is 0 Å². The number of halogens is 2. The first-order valence-electron chi connectivity index (χ1n) is 4.03. The quantitative estimate of drug-likeness (QED) is 0.513. The Labute approximate surface area is 87.1 Å². The van der Waals surface area contributed by atoms with Gasteiger partial charge >= 0.3 is 0 Å². The molecule has 0 aromatic heterocycles. The predicted octanol–water partition coefficient (Wildman–Crippen LogP) is 2.68. The summed E-state index contributed by atoms with van der Waals surface area (Å²) >= 11 is 5.43. The summed E-state index contributed by atoms with van der Waals surface area (Å²) in [5, 5.41) is 8.67. The van der Waals surface area contributed by atoms with E-state index in [4.69, 9.17) is 16.9 Å². The zero-order valence-electron chi connectivity index (χ0n) is 7.35. The van der Waals surface area contributed by atoms with Crippen LogP contribution in [-0.4, -0.2) is 5.88 Å². The van der Waals surface area contributed by atoms with E-state index in [2.05, 4.69) is 11.8 Å². The van der Waals surface area contributed by atoms with Crippen LogP contribution in [0.25, 0.3) is 0 Å². The van der Waals surface area contributed by atoms with Crippen molar-refractivity contribution in [2.24, 2.45) is 0 Å². The van der Waals surface area contributed by atoms with E-state index in [1.807, 2.05) is 0 Å². The standard InChI is InChI=1S/C11H7ClFN/c12-7-2-1-4-9-5-3-6-11(13)10(9)8-14/h3,5-6H,2,7H2. The van der Waals surface area contributed by atoms with Crippen molar-refractivity contribution in [3.05, 3.63) is 35.1 Å². The first kappa shape index (κ1) is 10.6. The number of rotatable bonds is 1. The molecule has 0 bridgehead atoms. The summed E-state index contributed by atoms with van der Waals surface area (Å²) in [5.41, 5.74) is 0.409. The van der Waals surface area contributed by atoms with Crippen molar-refractivity contribution in [2.75, 3.05) is 5.88 Å². The first-order chi connectivity index (χ1) is 6.79. The lowest BCUT2D eigenvalue weighted by atomic mass is 10.1. The predicted molar refractivity (Wildman–Crippen MR) is 53.3 cm³/mol. The highest BCUT2D eigenvalue weighted by Gasteiger charge is 2.04. The van der Waals surface area contributed by atoms with Crippen LogP contribution < -0.4 is 0 Å². The molecule has 0 amide bonds. The highest BCUT2D eigenvalue weighted by atomic mass is 35.5. The van der Waals surface area contributed by atoms with Gasteiger partial charge in [-0.05, 0) is 12.1 Å². The Bertz CT molecular complexity index is 423. The molecule has 0 spiro atoms. The fourth-order valence-corrected chi connectivity index (χ4v) is 1.04. The molecule has 1 aromatic carbocycles. The number of hydrogen-bond donors (Lipinski definition) is 0. The van der Waals surface area contributed by atoms with Gasteiger partial charge in [0.25, 0.3) is 0 Å². The first-order valence-corrected chi connectivity index (χ1v) is 4.56. The molecule has 0 heterocycles. The molecule has 14 heavy (non-hydrogen) atoms. The molecule has 1 aromatic rings. The lowest BCUT2D eigenvalue weighted by Crippen LogP contribution is -1.88. The molecular weight excluding hydrogens is 201 g/mol. The van der Waals surface area contributed by atoms with E-state index in [1.54, 1.807) is 12.1 Å². The zero-order chi connectivity index (χ0) is 10.4. The molecule has 0 aliphatic heterocycles. The number of alkyl halides is 1. The van der Waals surface area contributed by atoms with Gasteiger partial charge in [0.05, 0.1) is 0 Å². The van der Waals surface area contributed by atoms with Gasteiger partial charge in [0.1, 0.15) is 17.4 Å². The fourth-order valence-electron chi connectivity index (χ4n) is 0.947. The zero-order valence-corrected chi connectivity index (χ0v) is 8.11. The SMILES string of the molecule is N#Cc1c(F)cccc1C#CCCCl. The van der Waals surface area contributed by atoms with Gasteiger partial charge in [-0.25, -0.2) is 4.39 Å². The van der Waals surface area contributed by atoms with E-state index in [9.17, 15) is 4.39 Å². The van der Waals surface area contributed by atoms with Crippen LogP contribution in [0.4, 0.5) is 4.39 Å². The Balaban J connectivity index is 3.06. The van der Waals surface area contributed by atoms with Crippen molar-refractivity contribution in [1.82, 2.24) is 0 Å². The third kappa shape index (κ3) is 2.49. The Morgan fingerprint density at radius 1 is 1.43 bits per heavy atom. The van der Waals surface area contributed by atoms with Crippen LogP contribution in [-0.2, 0) is 0 Å². The van der Waals surface area contributed by atoms with Crippen LogP contribution in [0.5, 0.6) is 0 Å². The van der Waals surface area contributed by atoms with Crippen LogP contribution in [0.15, 0.2) is 18.2 Å². The minimum absolute atomic E-state index is 0.00503. The molecule has 70 valence electrons. The molecule has 3 heteroatoms. The molecule has 1 nitrogen and oxygen atoms in total. The van der Waals surface area contributed by atoms with E-state index >= 15 is 0 Å². The second-order valence-electron chi connectivity index (χ2n) is 2.51. The second kappa shape index (κ2) is 5.27. The topological polar surface area (TPSA) is 23.8 Å². The van der Waals surface area contributed by atoms with Gasteiger partial charge in [-0.3, -0.25) is 0 Å². The maximum Gasteiger partial charge on any atom is 0.142 e. The van der Waals surface area contributed by atoms with Gasteiger partial charge in [-0.1, -0.05) is 17.9 Å². The maximum absolute atomic E-state index is 13.0. The highest BCUT2D eigenvalue weighted by molar-refractivity contribution is 6.18. The van der Waals surface area contributed by atoms with E-state index < -0.39 is 5.82 Å². The summed E-state index contributed by atoms with van der Waals surface area (Å²) in [4.78, 5) is 0. The molecule has 0 aliphatic rings. The monoisotopic (exact) mass is 207 g/mol. The molecule has 0 fully saturated rings. The summed E-state index contributed by atoms with van der Waals surface area (Å²) in [6, 6.07) is 6.16. The molecule has 0 radical (unpaired) electrons. The summed E-state index contributed by atoms with van der Waals surface area (Å²) < 4.78 is 13.0. The average Bonchev–Trinajstić information content (AvgIpc) is 2.18. The third-order valence-corrected chi connectivity index (χ3v) is 1.76. The van der Waals surface area contributed by atoms with Crippen molar-refractivity contribution >= 4 is 11.6 Å². The minimum Gasteiger partial charge on any atom is -0.205 e. The molecule has 0 aliphatic carbocycles. The number of benzene rings is 1. The van der Waals surface area contributed by atoms with Gasteiger partial charge in [-0.15, -0.1) is 11.6 Å². The lowest BCUT2D eigenvalue weighted by molar-refractivity contribution is 0.623. The average molecular weight is 208 g/mol. The Kier molecular flexibility index (Phi) is 3.98. The van der Waals surface area contributed by atoms with Crippen LogP contribution >= 0.6 is 11.6 Å². The highest BCUT2D eigenvalue weighted by Crippen LogP contribution is 2.10. The maximum atomic E-state index is 13.0. The van der Waals surface area contributed by atoms with Crippen LogP contribution in [0.1, 0.15) is 17.5 Å². The largest absolute Gasteiger partial charge is 0.205 e. The van der Waals surface area contributed by atoms with Crippen molar-refractivity contribution in [2.45, 2.75) is 6.42 Å². The van der Waals surface area contributed by atoms with Crippen LogP contribution in [0.2, 0.25) is 0 Å². The van der Waals surface area contributed by atoms with Crippen LogP contribution in [0.3, 0.4) is 0 Å². The number of nitriles is 1. The summed E-state index contributed by atoms with van der Waals surface area (Å²) in [7, 11) is 0. The molecular formula is C11H7ClFN. The molecule has 0 N–H and O–H groups in total. The van der Waals surface area contributed by atoms with Crippen molar-refractivity contribution in [3.63, 3.8) is 0 Å². The van der Waals surface area contributed by atoms with Gasteiger partial charge in [0.15, 0.2) is 0 Å². The fraction of sp³-hybridized carbons (Fsp3) is 0.182. The van der Waals surface area contributed by atoms with Crippen LogP contribution in [0, 0.1) is 29.0 Å². The van der Waals surface area contributed by atoms with Gasteiger partial charge in [-0.2, -0.15) is 5.26 Å². The molecule has 1 rings (SSSR count). The second-order valence-corrected chi connectivity index (χ2v) is 2.89. The van der Waals surface area contributed by atoms with Gasteiger partial charge in [0.2, 0.25) is 0 Å². The summed E-state index contributed by atoms with van der Waals surface area (Å²) in [6.45, 7) is 0. The Morgan fingerprint density at radius 2 is 2.21 bits per heavy atom. The smallest absolute Gasteiger partial charge is 0.142 e. The molecule has 0 saturated heterocycles. The molecule has 0 unspecified atom stereocenters. The molecule has 0 saturated carbocycles. The summed E-state index contributed by atoms with van der Waals surface area (Å²) in [6.07, 6.45) is 0.531. The summed E-state index contributed by atoms with van der Waals surface area (Å²) in [5.74, 6) is 5.36. The lowest BCUT2D eigenvalue weighted by Gasteiger charge is -1.95. The number of nitrogens with zero attached hydrogens (tertiary/aromatic N) is 1. The molecule has 0 atom stereocenters. The normalized spacial score (nSPS) is 8.64. The number of hydrogen-bond acceptors (Lipinski definition) is 1. The van der Waals surface area contributed by atoms with Crippen molar-refractivity contribution < 1.29 is 4.39 Å². The van der Waals surface area contributed by atoms with E-state index in [-0.39, 0.29) is 5.56 Å². The Hall–Kier alpha value is -1.51. The van der Waals surface area contributed by atoms with E-state index in [0.29, 0.717) is 17.9 Å². The van der Waals surface area contributed by atoms with Crippen molar-refractivity contribution in [1.29, 1.82) is 5.26 Å². The van der Waals surface area contributed by atoms with E-state index in [0.717, 1.165) is 0 Å². The Morgan fingerprint density at radius 3 is 2.86 bits per heavy atom. The van der Waals surface area contributed by atoms with Gasteiger partial charge in [0, 0.05) is 17.9 Å². The van der Waals surface area contributed by atoms with Crippen molar-refractivity contribution in [3.8, 4) is 17.9 Å². The minimum atomic E-state index is -0.537.